The number of thiophene rings is 1. The predicted molar refractivity (Wildman–Crippen MR) is 123 cm³/mol. The average Bonchev–Trinajstić information content (AvgIpc) is 3.54. The molecule has 6 nitrogen and oxygen atoms in total. The summed E-state index contributed by atoms with van der Waals surface area (Å²) in [5.74, 6) is -0.587. The van der Waals surface area contributed by atoms with Crippen LogP contribution in [-0.2, 0) is 31.1 Å². The second-order valence-corrected chi connectivity index (χ2v) is 9.67. The van der Waals surface area contributed by atoms with Crippen LogP contribution in [0, 0.1) is 0 Å². The highest BCUT2D eigenvalue weighted by molar-refractivity contribution is 7.09. The lowest BCUT2D eigenvalue weighted by Gasteiger charge is -2.31. The van der Waals surface area contributed by atoms with E-state index in [0.717, 1.165) is 36.3 Å². The van der Waals surface area contributed by atoms with Gasteiger partial charge in [0.2, 0.25) is 17.7 Å². The number of carbonyl (C=O) groups excluding carboxylic acids is 3. The third-order valence-corrected chi connectivity index (χ3v) is 7.24. The van der Waals surface area contributed by atoms with E-state index in [9.17, 15) is 14.4 Å². The summed E-state index contributed by atoms with van der Waals surface area (Å²) in [6, 6.07) is 13.1. The maximum Gasteiger partial charge on any atom is 0.241 e. The van der Waals surface area contributed by atoms with Gasteiger partial charge in [0.15, 0.2) is 0 Å². The lowest BCUT2D eigenvalue weighted by molar-refractivity contribution is -0.143. The molecule has 3 amide bonds. The number of carbonyl (C=O) groups is 3. The van der Waals surface area contributed by atoms with Gasteiger partial charge in [-0.3, -0.25) is 19.3 Å². The van der Waals surface area contributed by atoms with Crippen LogP contribution in [-0.4, -0.2) is 53.3 Å². The van der Waals surface area contributed by atoms with Crippen molar-refractivity contribution in [2.45, 2.75) is 57.1 Å². The van der Waals surface area contributed by atoms with Crippen LogP contribution in [0.25, 0.3) is 0 Å². The molecule has 0 aliphatic carbocycles. The molecular weight excluding hydrogens is 424 g/mol. The molecule has 32 heavy (non-hydrogen) atoms. The SMILES string of the molecule is CCCN(C[C@H]1CCCO1)C(=O)C[C@]1(c2ccccc2)CC(=O)N(Cc2cccs2)C1=O. The molecule has 2 atom stereocenters. The standard InChI is InChI=1S/C25H30N2O4S/c1-2-12-26(17-20-10-6-13-31-20)22(28)15-25(19-8-4-3-5-9-19)16-23(29)27(24(25)30)18-21-11-7-14-32-21/h3-5,7-9,11,14,20H,2,6,10,12-13,15-18H2,1H3/t20-,25-/m1/s1. The smallest absolute Gasteiger partial charge is 0.241 e. The van der Waals surface area contributed by atoms with E-state index in [0.29, 0.717) is 13.1 Å². The van der Waals surface area contributed by atoms with Crippen molar-refractivity contribution >= 4 is 29.1 Å². The van der Waals surface area contributed by atoms with Crippen molar-refractivity contribution in [1.82, 2.24) is 9.80 Å². The van der Waals surface area contributed by atoms with Crippen LogP contribution in [0.5, 0.6) is 0 Å². The van der Waals surface area contributed by atoms with E-state index in [1.807, 2.05) is 59.7 Å². The first-order valence-corrected chi connectivity index (χ1v) is 12.2. The summed E-state index contributed by atoms with van der Waals surface area (Å²) in [4.78, 5) is 44.4. The Bertz CT molecular complexity index is 940. The van der Waals surface area contributed by atoms with Crippen molar-refractivity contribution in [2.24, 2.45) is 0 Å². The van der Waals surface area contributed by atoms with Gasteiger partial charge in [-0.25, -0.2) is 0 Å². The number of hydrogen-bond acceptors (Lipinski definition) is 5. The molecule has 1 aromatic carbocycles. The Kier molecular flexibility index (Phi) is 7.06. The van der Waals surface area contributed by atoms with Gasteiger partial charge in [-0.15, -0.1) is 11.3 Å². The summed E-state index contributed by atoms with van der Waals surface area (Å²) >= 11 is 1.52. The zero-order chi connectivity index (χ0) is 22.6. The van der Waals surface area contributed by atoms with E-state index >= 15 is 0 Å². The molecule has 170 valence electrons. The quantitative estimate of drug-likeness (QED) is 0.541. The fourth-order valence-corrected chi connectivity index (χ4v) is 5.43. The Morgan fingerprint density at radius 2 is 2.03 bits per heavy atom. The fourth-order valence-electron chi connectivity index (χ4n) is 4.73. The number of ether oxygens (including phenoxy) is 1. The molecular formula is C25H30N2O4S. The molecule has 7 heteroatoms. The van der Waals surface area contributed by atoms with Gasteiger partial charge >= 0.3 is 0 Å². The van der Waals surface area contributed by atoms with E-state index < -0.39 is 5.41 Å². The van der Waals surface area contributed by atoms with E-state index in [-0.39, 0.29) is 43.2 Å². The molecule has 2 aliphatic heterocycles. The third-order valence-electron chi connectivity index (χ3n) is 6.38. The van der Waals surface area contributed by atoms with Gasteiger partial charge in [-0.1, -0.05) is 43.3 Å². The first kappa shape index (κ1) is 22.7. The van der Waals surface area contributed by atoms with Crippen LogP contribution in [0.3, 0.4) is 0 Å². The Balaban J connectivity index is 1.61. The van der Waals surface area contributed by atoms with E-state index in [1.165, 1.54) is 16.2 Å². The number of hydrogen-bond donors (Lipinski definition) is 0. The molecule has 4 rings (SSSR count). The monoisotopic (exact) mass is 454 g/mol. The lowest BCUT2D eigenvalue weighted by atomic mass is 9.75. The normalized spacial score (nSPS) is 23.2. The van der Waals surface area contributed by atoms with Crippen LogP contribution in [0.15, 0.2) is 47.8 Å². The highest BCUT2D eigenvalue weighted by Gasteiger charge is 2.54. The highest BCUT2D eigenvalue weighted by atomic mass is 32.1. The third kappa shape index (κ3) is 4.64. The van der Waals surface area contributed by atoms with Crippen molar-refractivity contribution in [3.63, 3.8) is 0 Å². The number of nitrogens with zero attached hydrogens (tertiary/aromatic N) is 2. The number of imide groups is 1. The predicted octanol–water partition coefficient (Wildman–Crippen LogP) is 3.75. The van der Waals surface area contributed by atoms with Crippen LogP contribution in [0.1, 0.15) is 49.5 Å². The molecule has 0 unspecified atom stereocenters. The molecule has 2 fully saturated rings. The van der Waals surface area contributed by atoms with Crippen molar-refractivity contribution in [2.75, 3.05) is 19.7 Å². The molecule has 0 saturated carbocycles. The van der Waals surface area contributed by atoms with Crippen molar-refractivity contribution in [3.05, 3.63) is 58.3 Å². The Hall–Kier alpha value is -2.51. The number of likely N-dealkylation sites (tertiary alicyclic amines) is 1. The first-order chi connectivity index (χ1) is 15.5. The maximum absolute atomic E-state index is 13.7. The second kappa shape index (κ2) is 9.96. The Labute approximate surface area is 193 Å². The zero-order valence-electron chi connectivity index (χ0n) is 18.5. The molecule has 0 bridgehead atoms. The molecule has 0 spiro atoms. The number of rotatable bonds is 9. The topological polar surface area (TPSA) is 66.9 Å². The van der Waals surface area contributed by atoms with Gasteiger partial charge in [-0.05, 0) is 36.3 Å². The zero-order valence-corrected chi connectivity index (χ0v) is 19.3. The maximum atomic E-state index is 13.7. The molecule has 0 radical (unpaired) electrons. The molecule has 1 aromatic heterocycles. The van der Waals surface area contributed by atoms with E-state index in [2.05, 4.69) is 0 Å². The molecule has 2 saturated heterocycles. The van der Waals surface area contributed by atoms with Gasteiger partial charge in [0.05, 0.1) is 18.1 Å². The molecule has 0 N–H and O–H groups in total. The minimum Gasteiger partial charge on any atom is -0.376 e. The summed E-state index contributed by atoms with van der Waals surface area (Å²) in [7, 11) is 0. The minimum absolute atomic E-state index is 0.00472. The van der Waals surface area contributed by atoms with Crippen LogP contribution in [0.4, 0.5) is 0 Å². The van der Waals surface area contributed by atoms with E-state index in [1.54, 1.807) is 0 Å². The van der Waals surface area contributed by atoms with Crippen molar-refractivity contribution in [1.29, 1.82) is 0 Å². The van der Waals surface area contributed by atoms with Crippen LogP contribution in [0.2, 0.25) is 0 Å². The summed E-state index contributed by atoms with van der Waals surface area (Å²) in [5, 5.41) is 1.93. The van der Waals surface area contributed by atoms with Gasteiger partial charge in [-0.2, -0.15) is 0 Å². The highest BCUT2D eigenvalue weighted by Crippen LogP contribution is 2.41. The fraction of sp³-hybridized carbons (Fsp3) is 0.480. The largest absolute Gasteiger partial charge is 0.376 e. The van der Waals surface area contributed by atoms with Crippen molar-refractivity contribution in [3.8, 4) is 0 Å². The number of amides is 3. The summed E-state index contributed by atoms with van der Waals surface area (Å²) < 4.78 is 5.75. The van der Waals surface area contributed by atoms with Crippen molar-refractivity contribution < 1.29 is 19.1 Å². The Morgan fingerprint density at radius 3 is 2.69 bits per heavy atom. The second-order valence-electron chi connectivity index (χ2n) is 8.64. The minimum atomic E-state index is -1.16. The summed E-state index contributed by atoms with van der Waals surface area (Å²) in [6.07, 6.45) is 2.85. The van der Waals surface area contributed by atoms with Crippen LogP contribution >= 0.6 is 11.3 Å². The Morgan fingerprint density at radius 1 is 1.22 bits per heavy atom. The lowest BCUT2D eigenvalue weighted by Crippen LogP contribution is -2.45. The molecule has 3 heterocycles. The number of benzene rings is 1. The molecule has 2 aliphatic rings. The first-order valence-electron chi connectivity index (χ1n) is 11.4. The summed E-state index contributed by atoms with van der Waals surface area (Å²) in [5.41, 5.74) is -0.427. The van der Waals surface area contributed by atoms with E-state index in [4.69, 9.17) is 4.74 Å². The van der Waals surface area contributed by atoms with Gasteiger partial charge in [0, 0.05) is 37.4 Å². The molecule has 2 aromatic rings. The van der Waals surface area contributed by atoms with Gasteiger partial charge < -0.3 is 9.64 Å². The van der Waals surface area contributed by atoms with Gasteiger partial charge in [0.25, 0.3) is 0 Å². The van der Waals surface area contributed by atoms with Gasteiger partial charge in [0.1, 0.15) is 0 Å². The van der Waals surface area contributed by atoms with Crippen LogP contribution < -0.4 is 0 Å². The average molecular weight is 455 g/mol. The summed E-state index contributed by atoms with van der Waals surface area (Å²) in [6.45, 7) is 4.18.